The van der Waals surface area contributed by atoms with Gasteiger partial charge in [0.05, 0.1) is 40.2 Å². The number of anilines is 2. The van der Waals surface area contributed by atoms with Crippen LogP contribution in [0.5, 0.6) is 0 Å². The number of hydrogen-bond acceptors (Lipinski definition) is 6. The van der Waals surface area contributed by atoms with Gasteiger partial charge in [0, 0.05) is 24.0 Å². The third-order valence-corrected chi connectivity index (χ3v) is 7.10. The molecule has 41 heavy (non-hydrogen) atoms. The van der Waals surface area contributed by atoms with Crippen molar-refractivity contribution in [1.82, 2.24) is 28.7 Å². The number of hydrogen-bond donors (Lipinski definition) is 1. The Bertz CT molecular complexity index is 2110. The van der Waals surface area contributed by atoms with Crippen LogP contribution in [0, 0.1) is 24.4 Å². The number of nitrogens with one attached hydrogen (secondary N) is 1. The van der Waals surface area contributed by atoms with Crippen LogP contribution >= 0.6 is 11.6 Å². The number of aromatic nitrogens is 6. The maximum atomic E-state index is 14.1. The lowest BCUT2D eigenvalue weighted by atomic mass is 10.1. The van der Waals surface area contributed by atoms with Crippen LogP contribution in [0.3, 0.4) is 0 Å². The minimum Gasteiger partial charge on any atom is -0.331 e. The van der Waals surface area contributed by atoms with E-state index in [4.69, 9.17) is 11.6 Å². The van der Waals surface area contributed by atoms with Crippen LogP contribution in [0.2, 0.25) is 5.02 Å². The fourth-order valence-corrected chi connectivity index (χ4v) is 4.85. The summed E-state index contributed by atoms with van der Waals surface area (Å²) >= 11 is 6.50. The molecule has 0 radical (unpaired) electrons. The number of nitrogens with zero attached hydrogens (tertiary/aromatic N) is 6. The number of benzene rings is 3. The molecule has 0 spiro atoms. The van der Waals surface area contributed by atoms with Gasteiger partial charge < -0.3 is 9.88 Å². The number of imidazole rings is 1. The van der Waals surface area contributed by atoms with Crippen LogP contribution in [0.15, 0.2) is 70.5 Å². The average Bonchev–Trinajstić information content (AvgIpc) is 3.21. The first-order valence-electron chi connectivity index (χ1n) is 12.2. The van der Waals surface area contributed by atoms with Crippen LogP contribution in [0.4, 0.5) is 24.8 Å². The van der Waals surface area contributed by atoms with Gasteiger partial charge in [-0.3, -0.25) is 9.55 Å². The molecule has 6 aromatic rings. The smallest absolute Gasteiger partial charge is 0.331 e. The van der Waals surface area contributed by atoms with Gasteiger partial charge >= 0.3 is 11.4 Å². The maximum absolute atomic E-state index is 14.1. The normalized spacial score (nSPS) is 11.5. The third-order valence-electron chi connectivity index (χ3n) is 6.78. The molecule has 0 atom stereocenters. The Morgan fingerprint density at radius 1 is 0.976 bits per heavy atom. The van der Waals surface area contributed by atoms with E-state index < -0.39 is 35.4 Å². The Hall–Kier alpha value is -4.97. The van der Waals surface area contributed by atoms with Crippen LogP contribution in [0.1, 0.15) is 11.4 Å². The molecule has 0 fully saturated rings. The van der Waals surface area contributed by atoms with Gasteiger partial charge in [-0.05, 0) is 36.8 Å². The third kappa shape index (κ3) is 4.51. The molecule has 0 aliphatic heterocycles. The maximum Gasteiger partial charge on any atom is 0.359 e. The Morgan fingerprint density at radius 3 is 2.46 bits per heavy atom. The second-order valence-corrected chi connectivity index (χ2v) is 9.75. The number of rotatable bonds is 5. The molecule has 0 bridgehead atoms. The first-order valence-corrected chi connectivity index (χ1v) is 12.6. The highest BCUT2D eigenvalue weighted by Gasteiger charge is 2.20. The molecular weight excluding hydrogens is 559 g/mol. The predicted octanol–water partition coefficient (Wildman–Crippen LogP) is 5.00. The van der Waals surface area contributed by atoms with Gasteiger partial charge in [-0.2, -0.15) is 4.98 Å². The topological polar surface area (TPSA) is 99.6 Å². The molecule has 0 saturated carbocycles. The molecule has 1 N–H and O–H groups in total. The van der Waals surface area contributed by atoms with Gasteiger partial charge in [0.1, 0.15) is 5.82 Å². The van der Waals surface area contributed by atoms with Gasteiger partial charge in [-0.1, -0.05) is 35.9 Å². The number of fused-ring (bicyclic) bond motifs is 2. The second kappa shape index (κ2) is 9.89. The molecule has 0 saturated heterocycles. The summed E-state index contributed by atoms with van der Waals surface area (Å²) in [5.74, 6) is -4.02. The lowest BCUT2D eigenvalue weighted by molar-refractivity contribution is 0.444. The summed E-state index contributed by atoms with van der Waals surface area (Å²) < 4.78 is 45.5. The fourth-order valence-electron chi connectivity index (χ4n) is 4.65. The minimum atomic E-state index is -1.64. The number of halogens is 4. The molecule has 0 aliphatic rings. The predicted molar refractivity (Wildman–Crippen MR) is 149 cm³/mol. The van der Waals surface area contributed by atoms with E-state index in [2.05, 4.69) is 20.3 Å². The largest absolute Gasteiger partial charge is 0.359 e. The van der Waals surface area contributed by atoms with Crippen molar-refractivity contribution >= 4 is 45.0 Å². The van der Waals surface area contributed by atoms with Crippen molar-refractivity contribution in [2.45, 2.75) is 13.5 Å². The first kappa shape index (κ1) is 26.3. The molecule has 3 heterocycles. The second-order valence-electron chi connectivity index (χ2n) is 9.34. The van der Waals surface area contributed by atoms with Crippen molar-refractivity contribution in [3.63, 3.8) is 0 Å². The summed E-state index contributed by atoms with van der Waals surface area (Å²) in [5, 5.41) is 4.35. The molecule has 0 aliphatic carbocycles. The number of aryl methyl sites for hydroxylation is 2. The van der Waals surface area contributed by atoms with Gasteiger partial charge in [-0.15, -0.1) is 0 Å². The molecule has 0 amide bonds. The van der Waals surface area contributed by atoms with E-state index in [0.29, 0.717) is 27.5 Å². The minimum absolute atomic E-state index is 0.0848. The highest BCUT2D eigenvalue weighted by atomic mass is 35.5. The highest BCUT2D eigenvalue weighted by Crippen LogP contribution is 2.30. The van der Waals surface area contributed by atoms with Gasteiger partial charge in [0.2, 0.25) is 5.95 Å². The molecule has 206 valence electrons. The highest BCUT2D eigenvalue weighted by molar-refractivity contribution is 6.34. The van der Waals surface area contributed by atoms with Crippen molar-refractivity contribution in [3.8, 4) is 5.69 Å². The summed E-state index contributed by atoms with van der Waals surface area (Å²) in [6.07, 6.45) is 2.92. The number of pyridine rings is 1. The lowest BCUT2D eigenvalue weighted by Crippen LogP contribution is -2.42. The molecule has 3 aromatic heterocycles. The summed E-state index contributed by atoms with van der Waals surface area (Å²) in [5.41, 5.74) is -0.113. The van der Waals surface area contributed by atoms with Crippen LogP contribution in [0.25, 0.3) is 27.5 Å². The zero-order valence-electron chi connectivity index (χ0n) is 21.5. The van der Waals surface area contributed by atoms with E-state index in [-0.39, 0.29) is 22.2 Å². The summed E-state index contributed by atoms with van der Waals surface area (Å²) in [4.78, 5) is 40.0. The zero-order chi connectivity index (χ0) is 29.0. The lowest BCUT2D eigenvalue weighted by Gasteiger charge is -2.17. The van der Waals surface area contributed by atoms with E-state index in [0.717, 1.165) is 27.1 Å². The monoisotopic (exact) mass is 577 g/mol. The fraction of sp³-hybridized carbons (Fsp3) is 0.107. The van der Waals surface area contributed by atoms with Crippen molar-refractivity contribution in [2.24, 2.45) is 7.05 Å². The van der Waals surface area contributed by atoms with Crippen LogP contribution in [-0.2, 0) is 13.6 Å². The molecule has 9 nitrogen and oxygen atoms in total. The summed E-state index contributed by atoms with van der Waals surface area (Å²) in [6, 6.07) is 11.8. The SMILES string of the molecule is Cc1nc2cc(Cl)c(Nc3nc(=O)n(-c4cncc5ccccc45)c(=O)n3Cc3cc(F)c(F)c(F)c3)cc2n1C. The molecule has 0 unspecified atom stereocenters. The van der Waals surface area contributed by atoms with Crippen molar-refractivity contribution in [3.05, 3.63) is 116 Å². The van der Waals surface area contributed by atoms with Gasteiger partial charge in [-0.25, -0.2) is 32.3 Å². The Balaban J connectivity index is 1.57. The molecule has 3 aromatic carbocycles. The Labute approximate surface area is 234 Å². The standard InChI is InChI=1S/C28H19ClF3N7O2/c1-14-34-22-9-18(29)21(10-23(22)37(14)2)35-26-36-27(40)39(24-12-33-11-16-5-3-4-6-17(16)24)28(41)38(26)13-15-7-19(30)25(32)20(31)8-15/h3-12H,13H2,1-2H3,(H,35,36,40). The molecule has 6 rings (SSSR count). The molecule has 13 heteroatoms. The Kier molecular flexibility index (Phi) is 6.34. The quantitative estimate of drug-likeness (QED) is 0.290. The average molecular weight is 578 g/mol. The van der Waals surface area contributed by atoms with E-state index >= 15 is 0 Å². The molecular formula is C28H19ClF3N7O2. The van der Waals surface area contributed by atoms with Gasteiger partial charge in [0.25, 0.3) is 0 Å². The van der Waals surface area contributed by atoms with Crippen LogP contribution < -0.4 is 16.7 Å². The van der Waals surface area contributed by atoms with Crippen molar-refractivity contribution in [1.29, 1.82) is 0 Å². The Morgan fingerprint density at radius 2 is 1.71 bits per heavy atom. The summed E-state index contributed by atoms with van der Waals surface area (Å²) in [6.45, 7) is 1.36. The first-order chi connectivity index (χ1) is 19.6. The van der Waals surface area contributed by atoms with E-state index in [1.165, 1.54) is 6.20 Å². The zero-order valence-corrected chi connectivity index (χ0v) is 22.2. The van der Waals surface area contributed by atoms with E-state index in [1.54, 1.807) is 42.6 Å². The summed E-state index contributed by atoms with van der Waals surface area (Å²) in [7, 11) is 1.81. The van der Waals surface area contributed by atoms with Crippen LogP contribution in [-0.4, -0.2) is 28.7 Å². The van der Waals surface area contributed by atoms with E-state index in [9.17, 15) is 22.8 Å². The van der Waals surface area contributed by atoms with Crippen molar-refractivity contribution < 1.29 is 13.2 Å². The van der Waals surface area contributed by atoms with E-state index in [1.807, 2.05) is 18.5 Å². The van der Waals surface area contributed by atoms with Gasteiger partial charge in [0.15, 0.2) is 17.5 Å². The van der Waals surface area contributed by atoms with Crippen molar-refractivity contribution in [2.75, 3.05) is 5.32 Å².